The maximum atomic E-state index is 12.5. The Labute approximate surface area is 171 Å². The smallest absolute Gasteiger partial charge is 0.307 e. The topological polar surface area (TPSA) is 58.6 Å². The van der Waals surface area contributed by atoms with Gasteiger partial charge in [-0.05, 0) is 42.8 Å². The van der Waals surface area contributed by atoms with E-state index in [0.29, 0.717) is 24.8 Å². The van der Waals surface area contributed by atoms with E-state index < -0.39 is 0 Å². The number of thiocarbonyl (C=S) groups is 1. The van der Waals surface area contributed by atoms with Crippen LogP contribution in [0.3, 0.4) is 0 Å². The fraction of sp³-hybridized carbons (Fsp3) is 0.318. The number of hydrogen-bond acceptors (Lipinski definition) is 4. The molecule has 1 amide bonds. The van der Waals surface area contributed by atoms with Gasteiger partial charge in [-0.3, -0.25) is 9.59 Å². The highest BCUT2D eigenvalue weighted by molar-refractivity contribution is 7.80. The molecule has 2 aromatic carbocycles. The van der Waals surface area contributed by atoms with Gasteiger partial charge in [0.05, 0.1) is 19.4 Å². The highest BCUT2D eigenvalue weighted by Crippen LogP contribution is 2.09. The normalized spacial score (nSPS) is 10.2. The molecule has 0 aliphatic rings. The lowest BCUT2D eigenvalue weighted by molar-refractivity contribution is -0.143. The fourth-order valence-corrected chi connectivity index (χ4v) is 3.01. The predicted molar refractivity (Wildman–Crippen MR) is 114 cm³/mol. The van der Waals surface area contributed by atoms with Gasteiger partial charge in [0.15, 0.2) is 5.11 Å². The van der Waals surface area contributed by atoms with Gasteiger partial charge in [0.2, 0.25) is 5.91 Å². The van der Waals surface area contributed by atoms with Crippen LogP contribution in [-0.2, 0) is 27.3 Å². The maximum Gasteiger partial charge on any atom is 0.307 e. The molecule has 0 fully saturated rings. The van der Waals surface area contributed by atoms with Crippen molar-refractivity contribution in [3.8, 4) is 0 Å². The van der Waals surface area contributed by atoms with E-state index in [1.807, 2.05) is 66.4 Å². The van der Waals surface area contributed by atoms with Crippen molar-refractivity contribution in [2.45, 2.75) is 33.2 Å². The Balaban J connectivity index is 2.01. The Morgan fingerprint density at radius 2 is 1.75 bits per heavy atom. The van der Waals surface area contributed by atoms with Crippen LogP contribution < -0.4 is 5.32 Å². The summed E-state index contributed by atoms with van der Waals surface area (Å²) < 4.78 is 5.00. The highest BCUT2D eigenvalue weighted by Gasteiger charge is 2.16. The van der Waals surface area contributed by atoms with E-state index in [9.17, 15) is 9.59 Å². The zero-order valence-electron chi connectivity index (χ0n) is 16.3. The number of ether oxygens (including phenoxy) is 1. The second-order valence-corrected chi connectivity index (χ2v) is 6.81. The van der Waals surface area contributed by atoms with Gasteiger partial charge < -0.3 is 15.0 Å². The Hall–Kier alpha value is -2.73. The lowest BCUT2D eigenvalue weighted by atomic mass is 10.1. The Morgan fingerprint density at radius 3 is 2.43 bits per heavy atom. The first-order chi connectivity index (χ1) is 13.5. The molecule has 0 radical (unpaired) electrons. The van der Waals surface area contributed by atoms with Crippen molar-refractivity contribution in [1.29, 1.82) is 0 Å². The van der Waals surface area contributed by atoms with Gasteiger partial charge in [0, 0.05) is 13.1 Å². The van der Waals surface area contributed by atoms with E-state index in [1.54, 1.807) is 6.92 Å². The van der Waals surface area contributed by atoms with Gasteiger partial charge in [0.25, 0.3) is 0 Å². The van der Waals surface area contributed by atoms with Crippen molar-refractivity contribution in [3.63, 3.8) is 0 Å². The van der Waals surface area contributed by atoms with Crippen LogP contribution in [0.1, 0.15) is 30.0 Å². The van der Waals surface area contributed by atoms with Gasteiger partial charge in [-0.15, -0.1) is 0 Å². The summed E-state index contributed by atoms with van der Waals surface area (Å²) in [7, 11) is 0. The van der Waals surface area contributed by atoms with Crippen molar-refractivity contribution >= 4 is 29.2 Å². The number of amides is 1. The third-order valence-electron chi connectivity index (χ3n) is 4.25. The summed E-state index contributed by atoms with van der Waals surface area (Å²) >= 11 is 5.46. The Morgan fingerprint density at radius 1 is 1.07 bits per heavy atom. The largest absolute Gasteiger partial charge is 0.466 e. The molecule has 0 bridgehead atoms. The number of esters is 1. The molecule has 0 aliphatic heterocycles. The van der Waals surface area contributed by atoms with E-state index in [-0.39, 0.29) is 24.7 Å². The minimum atomic E-state index is -0.283. The number of benzene rings is 2. The van der Waals surface area contributed by atoms with Crippen LogP contribution in [0.2, 0.25) is 0 Å². The van der Waals surface area contributed by atoms with Crippen molar-refractivity contribution < 1.29 is 14.3 Å². The second kappa shape index (κ2) is 11.2. The maximum absolute atomic E-state index is 12.5. The zero-order valence-corrected chi connectivity index (χ0v) is 17.1. The number of carbonyl (C=O) groups excluding carboxylic acids is 2. The third-order valence-corrected chi connectivity index (χ3v) is 4.61. The van der Waals surface area contributed by atoms with Crippen LogP contribution >= 0.6 is 12.2 Å². The predicted octanol–water partition coefficient (Wildman–Crippen LogP) is 3.39. The minimum absolute atomic E-state index is 0.173. The van der Waals surface area contributed by atoms with Crippen LogP contribution in [0.15, 0.2) is 54.6 Å². The molecule has 0 heterocycles. The first-order valence-corrected chi connectivity index (χ1v) is 9.73. The summed E-state index contributed by atoms with van der Waals surface area (Å²) in [5, 5.41) is 3.11. The molecular weight excluding hydrogens is 372 g/mol. The molecule has 2 aromatic rings. The molecule has 28 heavy (non-hydrogen) atoms. The fourth-order valence-electron chi connectivity index (χ4n) is 2.74. The summed E-state index contributed by atoms with van der Waals surface area (Å²) in [6.07, 6.45) is 0.457. The highest BCUT2D eigenvalue weighted by atomic mass is 32.1. The van der Waals surface area contributed by atoms with Crippen LogP contribution in [0.25, 0.3) is 0 Å². The molecule has 148 valence electrons. The lowest BCUT2D eigenvalue weighted by Gasteiger charge is -2.25. The number of aryl methyl sites for hydroxylation is 1. The SMILES string of the molecule is CCOC(=O)CCN(Cc1ccccc1)C(=S)NC(=O)Cc1ccccc1C. The molecule has 1 N–H and O–H groups in total. The summed E-state index contributed by atoms with van der Waals surface area (Å²) in [5.74, 6) is -0.455. The number of carbonyl (C=O) groups is 2. The molecule has 0 aliphatic carbocycles. The quantitative estimate of drug-likeness (QED) is 0.546. The van der Waals surface area contributed by atoms with Crippen LogP contribution in [0.4, 0.5) is 0 Å². The Kier molecular flexibility index (Phi) is 8.62. The molecule has 0 saturated carbocycles. The summed E-state index contributed by atoms with van der Waals surface area (Å²) in [5.41, 5.74) is 3.07. The molecule has 0 saturated heterocycles. The second-order valence-electron chi connectivity index (χ2n) is 6.42. The molecule has 2 rings (SSSR count). The lowest BCUT2D eigenvalue weighted by Crippen LogP contribution is -2.43. The van der Waals surface area contributed by atoms with Gasteiger partial charge in [-0.2, -0.15) is 0 Å². The van der Waals surface area contributed by atoms with Gasteiger partial charge in [0.1, 0.15) is 0 Å². The van der Waals surface area contributed by atoms with E-state index in [1.165, 1.54) is 0 Å². The van der Waals surface area contributed by atoms with Crippen LogP contribution in [0, 0.1) is 6.92 Å². The third kappa shape index (κ3) is 7.12. The summed E-state index contributed by atoms with van der Waals surface area (Å²) in [4.78, 5) is 26.0. The molecule has 0 spiro atoms. The number of hydrogen-bond donors (Lipinski definition) is 1. The Bertz CT molecular complexity index is 808. The van der Waals surface area contributed by atoms with E-state index >= 15 is 0 Å². The van der Waals surface area contributed by atoms with Crippen molar-refractivity contribution in [2.75, 3.05) is 13.2 Å². The van der Waals surface area contributed by atoms with E-state index in [2.05, 4.69) is 5.32 Å². The summed E-state index contributed by atoms with van der Waals surface area (Å²) in [6, 6.07) is 17.5. The number of nitrogens with zero attached hydrogens (tertiary/aromatic N) is 1. The molecule has 6 heteroatoms. The van der Waals surface area contributed by atoms with Gasteiger partial charge >= 0.3 is 5.97 Å². The molecule has 0 unspecified atom stereocenters. The average molecular weight is 399 g/mol. The van der Waals surface area contributed by atoms with Crippen molar-refractivity contribution in [1.82, 2.24) is 10.2 Å². The van der Waals surface area contributed by atoms with Crippen LogP contribution in [-0.4, -0.2) is 35.0 Å². The zero-order chi connectivity index (χ0) is 20.4. The monoisotopic (exact) mass is 398 g/mol. The minimum Gasteiger partial charge on any atom is -0.466 e. The number of rotatable bonds is 8. The molecule has 0 atom stereocenters. The van der Waals surface area contributed by atoms with Gasteiger partial charge in [-0.25, -0.2) is 0 Å². The van der Waals surface area contributed by atoms with E-state index in [4.69, 9.17) is 17.0 Å². The van der Waals surface area contributed by atoms with Crippen molar-refractivity contribution in [2.24, 2.45) is 0 Å². The molecule has 0 aromatic heterocycles. The standard InChI is InChI=1S/C22H26N2O3S/c1-3-27-21(26)13-14-24(16-18-10-5-4-6-11-18)22(28)23-20(25)15-19-12-8-7-9-17(19)2/h4-12H,3,13-16H2,1-2H3,(H,23,25,28). The summed E-state index contributed by atoms with van der Waals surface area (Å²) in [6.45, 7) is 4.97. The average Bonchev–Trinajstić information content (AvgIpc) is 2.68. The van der Waals surface area contributed by atoms with E-state index in [0.717, 1.165) is 16.7 Å². The first-order valence-electron chi connectivity index (χ1n) is 9.32. The van der Waals surface area contributed by atoms with Gasteiger partial charge in [-0.1, -0.05) is 54.6 Å². The van der Waals surface area contributed by atoms with Crippen molar-refractivity contribution in [3.05, 3.63) is 71.3 Å². The van der Waals surface area contributed by atoms with Crippen LogP contribution in [0.5, 0.6) is 0 Å². The first kappa shape index (κ1) is 21.6. The molecular formula is C22H26N2O3S. The molecule has 5 nitrogen and oxygen atoms in total. The number of nitrogens with one attached hydrogen (secondary N) is 1.